The fraction of sp³-hybridized carbons (Fsp3) is 0.0588. The molecule has 1 aliphatic heterocycles. The van der Waals surface area contributed by atoms with Crippen molar-refractivity contribution in [3.8, 4) is 0 Å². The van der Waals surface area contributed by atoms with Crippen molar-refractivity contribution in [2.75, 3.05) is 5.75 Å². The fourth-order valence-corrected chi connectivity index (χ4v) is 3.18. The fourth-order valence-electron chi connectivity index (χ4n) is 2.38. The second-order valence-corrected chi connectivity index (χ2v) is 6.13. The minimum absolute atomic E-state index is 0.172. The van der Waals surface area contributed by atoms with E-state index in [2.05, 4.69) is 19.9 Å². The summed E-state index contributed by atoms with van der Waals surface area (Å²) in [7, 11) is 0. The van der Waals surface area contributed by atoms with Gasteiger partial charge in [-0.3, -0.25) is 4.79 Å². The maximum Gasteiger partial charge on any atom is 0.257 e. The average Bonchev–Trinajstić information content (AvgIpc) is 3.20. The summed E-state index contributed by atoms with van der Waals surface area (Å²) in [5.74, 6) is 0.418. The van der Waals surface area contributed by atoms with Gasteiger partial charge in [0, 0.05) is 6.20 Å². The number of rotatable bonds is 3. The first-order chi connectivity index (χ1) is 11.7. The monoisotopic (exact) mass is 338 g/mol. The third-order valence-corrected chi connectivity index (χ3v) is 4.46. The Balaban J connectivity index is 1.85. The molecule has 0 aliphatic carbocycles. The molecule has 24 heavy (non-hydrogen) atoms. The third kappa shape index (κ3) is 2.85. The largest absolute Gasteiger partial charge is 0.336 e. The van der Waals surface area contributed by atoms with Gasteiger partial charge in [-0.25, -0.2) is 19.4 Å². The van der Waals surface area contributed by atoms with E-state index in [4.69, 9.17) is 0 Å². The zero-order chi connectivity index (χ0) is 16.5. The quantitative estimate of drug-likeness (QED) is 0.795. The van der Waals surface area contributed by atoms with Crippen molar-refractivity contribution in [2.45, 2.75) is 0 Å². The van der Waals surface area contributed by atoms with Gasteiger partial charge in [-0.1, -0.05) is 23.9 Å². The molecular formula is C17H11FN4OS. The first-order valence-corrected chi connectivity index (χ1v) is 8.21. The Morgan fingerprint density at radius 2 is 2.08 bits per heavy atom. The van der Waals surface area contributed by atoms with Gasteiger partial charge < -0.3 is 4.98 Å². The number of hydrogen-bond acceptors (Lipinski definition) is 4. The zero-order valence-corrected chi connectivity index (χ0v) is 13.2. The number of hydrogen-bond donors (Lipinski definition) is 1. The minimum atomic E-state index is -0.301. The van der Waals surface area contributed by atoms with Crippen molar-refractivity contribution in [1.29, 1.82) is 0 Å². The number of halogens is 1. The van der Waals surface area contributed by atoms with E-state index < -0.39 is 0 Å². The maximum absolute atomic E-state index is 13.1. The predicted octanol–water partition coefficient (Wildman–Crippen LogP) is 3.31. The van der Waals surface area contributed by atoms with E-state index in [1.54, 1.807) is 18.3 Å². The molecule has 4 rings (SSSR count). The van der Waals surface area contributed by atoms with Gasteiger partial charge >= 0.3 is 0 Å². The van der Waals surface area contributed by atoms with Crippen LogP contribution in [0.4, 0.5) is 4.39 Å². The highest BCUT2D eigenvalue weighted by Gasteiger charge is 2.22. The molecule has 0 fully saturated rings. The summed E-state index contributed by atoms with van der Waals surface area (Å²) in [6, 6.07) is 9.80. The molecule has 0 atom stereocenters. The molecular weight excluding hydrogens is 327 g/mol. The predicted molar refractivity (Wildman–Crippen MR) is 93.1 cm³/mol. The number of nitrogens with one attached hydrogen (secondary N) is 1. The van der Waals surface area contributed by atoms with Crippen molar-refractivity contribution >= 4 is 45.5 Å². The smallest absolute Gasteiger partial charge is 0.257 e. The Kier molecular flexibility index (Phi) is 3.70. The summed E-state index contributed by atoms with van der Waals surface area (Å²) in [4.78, 5) is 27.5. The first kappa shape index (κ1) is 14.8. The number of imidazole rings is 1. The molecule has 0 unspecified atom stereocenters. The molecule has 1 amide bonds. The Morgan fingerprint density at radius 3 is 2.79 bits per heavy atom. The van der Waals surface area contributed by atoms with E-state index in [0.717, 1.165) is 11.1 Å². The number of pyridine rings is 1. The number of amides is 1. The van der Waals surface area contributed by atoms with E-state index in [1.165, 1.54) is 23.9 Å². The van der Waals surface area contributed by atoms with Crippen LogP contribution in [0.15, 0.2) is 47.6 Å². The molecule has 7 heteroatoms. The number of aromatic amines is 1. The van der Waals surface area contributed by atoms with Crippen LogP contribution < -0.4 is 0 Å². The zero-order valence-electron chi connectivity index (χ0n) is 12.4. The molecule has 2 aromatic heterocycles. The average molecular weight is 338 g/mol. The van der Waals surface area contributed by atoms with Crippen molar-refractivity contribution in [3.63, 3.8) is 0 Å². The second-order valence-electron chi connectivity index (χ2n) is 5.17. The summed E-state index contributed by atoms with van der Waals surface area (Å²) in [5, 5.41) is 0.600. The van der Waals surface area contributed by atoms with Crippen LogP contribution in [0.5, 0.6) is 0 Å². The Bertz CT molecular complexity index is 958. The lowest BCUT2D eigenvalue weighted by Gasteiger charge is -2.03. The van der Waals surface area contributed by atoms with Crippen LogP contribution in [0.25, 0.3) is 22.8 Å². The van der Waals surface area contributed by atoms with E-state index in [0.29, 0.717) is 27.8 Å². The molecule has 0 saturated heterocycles. The number of nitrogens with zero attached hydrogens (tertiary/aromatic N) is 3. The van der Waals surface area contributed by atoms with Gasteiger partial charge in [-0.05, 0) is 35.9 Å². The molecule has 118 valence electrons. The van der Waals surface area contributed by atoms with Crippen molar-refractivity contribution in [2.24, 2.45) is 4.99 Å². The van der Waals surface area contributed by atoms with Crippen LogP contribution in [-0.2, 0) is 4.79 Å². The topological polar surface area (TPSA) is 71.0 Å². The lowest BCUT2D eigenvalue weighted by molar-refractivity contribution is -0.115. The number of benzene rings is 1. The Morgan fingerprint density at radius 1 is 1.25 bits per heavy atom. The molecule has 5 nitrogen and oxygen atoms in total. The van der Waals surface area contributed by atoms with Crippen LogP contribution in [0.1, 0.15) is 11.4 Å². The molecule has 1 aromatic carbocycles. The van der Waals surface area contributed by atoms with Crippen LogP contribution in [0.2, 0.25) is 0 Å². The summed E-state index contributed by atoms with van der Waals surface area (Å²) >= 11 is 1.36. The van der Waals surface area contributed by atoms with Gasteiger partial charge in [0.2, 0.25) is 0 Å². The van der Waals surface area contributed by atoms with Crippen LogP contribution >= 0.6 is 11.8 Å². The Labute approximate surface area is 140 Å². The maximum atomic E-state index is 13.1. The SMILES string of the molecule is O=C1CSC(C(=Cc2ccc(F)cc2)c2nc3ncccc3[nH]2)=N1. The van der Waals surface area contributed by atoms with Gasteiger partial charge in [0.15, 0.2) is 5.65 Å². The molecule has 0 saturated carbocycles. The summed E-state index contributed by atoms with van der Waals surface area (Å²) < 4.78 is 13.1. The lowest BCUT2D eigenvalue weighted by Crippen LogP contribution is -1.97. The Hall–Kier alpha value is -2.80. The van der Waals surface area contributed by atoms with Gasteiger partial charge in [0.1, 0.15) is 16.7 Å². The van der Waals surface area contributed by atoms with E-state index in [9.17, 15) is 9.18 Å². The van der Waals surface area contributed by atoms with Gasteiger partial charge in [0.25, 0.3) is 5.91 Å². The highest BCUT2D eigenvalue weighted by Crippen LogP contribution is 2.28. The normalized spacial score (nSPS) is 15.1. The number of aliphatic imine (C=N–C) groups is 1. The highest BCUT2D eigenvalue weighted by molar-refractivity contribution is 8.16. The van der Waals surface area contributed by atoms with Crippen molar-refractivity contribution in [1.82, 2.24) is 15.0 Å². The molecule has 0 radical (unpaired) electrons. The van der Waals surface area contributed by atoms with Crippen molar-refractivity contribution in [3.05, 3.63) is 59.8 Å². The second kappa shape index (κ2) is 6.01. The summed E-state index contributed by atoms with van der Waals surface area (Å²) in [6.07, 6.45) is 3.50. The third-order valence-electron chi connectivity index (χ3n) is 3.48. The molecule has 3 aromatic rings. The van der Waals surface area contributed by atoms with Crippen molar-refractivity contribution < 1.29 is 9.18 Å². The minimum Gasteiger partial charge on any atom is -0.336 e. The number of fused-ring (bicyclic) bond motifs is 1. The number of thioether (sulfide) groups is 1. The first-order valence-electron chi connectivity index (χ1n) is 7.22. The molecule has 0 bridgehead atoms. The van der Waals surface area contributed by atoms with Crippen LogP contribution in [0, 0.1) is 5.82 Å². The lowest BCUT2D eigenvalue weighted by atomic mass is 10.1. The number of H-pyrrole nitrogens is 1. The van der Waals surface area contributed by atoms with E-state index in [1.807, 2.05) is 18.2 Å². The van der Waals surface area contributed by atoms with Crippen LogP contribution in [-0.4, -0.2) is 31.7 Å². The standard InChI is InChI=1S/C17H11FN4OS/c18-11-5-3-10(4-6-11)8-12(17-21-14(23)9-24-17)15-20-13-2-1-7-19-16(13)22-15/h1-8H,9H2,(H,19,20,22). The number of carbonyl (C=O) groups excluding carboxylic acids is 1. The molecule has 1 aliphatic rings. The van der Waals surface area contributed by atoms with Crippen LogP contribution in [0.3, 0.4) is 0 Å². The number of aromatic nitrogens is 3. The summed E-state index contributed by atoms with van der Waals surface area (Å²) in [6.45, 7) is 0. The summed E-state index contributed by atoms with van der Waals surface area (Å²) in [5.41, 5.74) is 2.87. The van der Waals surface area contributed by atoms with Gasteiger partial charge in [0.05, 0.1) is 16.8 Å². The molecule has 1 N–H and O–H groups in total. The molecule has 0 spiro atoms. The van der Waals surface area contributed by atoms with E-state index >= 15 is 0 Å². The van der Waals surface area contributed by atoms with E-state index in [-0.39, 0.29) is 11.7 Å². The van der Waals surface area contributed by atoms with Gasteiger partial charge in [-0.2, -0.15) is 0 Å². The highest BCUT2D eigenvalue weighted by atomic mass is 32.2. The number of carbonyl (C=O) groups is 1. The van der Waals surface area contributed by atoms with Gasteiger partial charge in [-0.15, -0.1) is 0 Å². The molecule has 3 heterocycles.